The molecule has 0 unspecified atom stereocenters. The molecule has 7 heteroatoms. The van der Waals surface area contributed by atoms with Gasteiger partial charge in [-0.05, 0) is 45.4 Å². The van der Waals surface area contributed by atoms with Gasteiger partial charge < -0.3 is 19.9 Å². The van der Waals surface area contributed by atoms with Crippen molar-refractivity contribution >= 4 is 6.03 Å². The van der Waals surface area contributed by atoms with Crippen LogP contribution in [0.5, 0.6) is 5.75 Å². The highest BCUT2D eigenvalue weighted by Crippen LogP contribution is 2.20. The van der Waals surface area contributed by atoms with Crippen LogP contribution in [0.2, 0.25) is 0 Å². The van der Waals surface area contributed by atoms with Gasteiger partial charge in [-0.15, -0.1) is 10.2 Å². The first-order valence-corrected chi connectivity index (χ1v) is 8.04. The zero-order chi connectivity index (χ0) is 17.7. The van der Waals surface area contributed by atoms with Gasteiger partial charge in [0.05, 0.1) is 18.2 Å². The molecule has 2 aromatic rings. The zero-order valence-corrected chi connectivity index (χ0v) is 14.8. The number of carbonyl (C=O) groups excluding carboxylic acids is 1. The van der Waals surface area contributed by atoms with E-state index >= 15 is 0 Å². The number of carbonyl (C=O) groups is 1. The molecule has 0 saturated heterocycles. The maximum atomic E-state index is 12.2. The van der Waals surface area contributed by atoms with E-state index in [0.717, 1.165) is 11.3 Å². The molecule has 1 heterocycles. The fraction of sp³-hybridized carbons (Fsp3) is 0.471. The van der Waals surface area contributed by atoms with Crippen LogP contribution in [0.25, 0.3) is 0 Å². The van der Waals surface area contributed by atoms with Gasteiger partial charge in [0, 0.05) is 7.05 Å². The smallest absolute Gasteiger partial charge is 0.315 e. The number of hydrogen-bond donors (Lipinski definition) is 2. The van der Waals surface area contributed by atoms with Crippen molar-refractivity contribution in [2.45, 2.75) is 45.9 Å². The molecule has 0 bridgehead atoms. The van der Waals surface area contributed by atoms with Crippen molar-refractivity contribution in [2.75, 3.05) is 0 Å². The van der Waals surface area contributed by atoms with Gasteiger partial charge in [-0.3, -0.25) is 0 Å². The zero-order valence-electron chi connectivity index (χ0n) is 14.8. The lowest BCUT2D eigenvalue weighted by Gasteiger charge is -2.19. The normalized spacial score (nSPS) is 13.4. The average Bonchev–Trinajstić information content (AvgIpc) is 2.93. The van der Waals surface area contributed by atoms with Crippen LogP contribution in [0, 0.1) is 0 Å². The van der Waals surface area contributed by atoms with Crippen LogP contribution in [0.4, 0.5) is 4.79 Å². The Morgan fingerprint density at radius 3 is 2.50 bits per heavy atom. The first-order valence-electron chi connectivity index (χ1n) is 8.04. The Morgan fingerprint density at radius 1 is 1.17 bits per heavy atom. The Morgan fingerprint density at radius 2 is 1.88 bits per heavy atom. The second kappa shape index (κ2) is 7.81. The van der Waals surface area contributed by atoms with Crippen molar-refractivity contribution in [2.24, 2.45) is 7.05 Å². The van der Waals surface area contributed by atoms with Crippen LogP contribution in [0.3, 0.4) is 0 Å². The Labute approximate surface area is 142 Å². The third-order valence-corrected chi connectivity index (χ3v) is 3.56. The number of urea groups is 1. The first-order chi connectivity index (χ1) is 11.4. The first kappa shape index (κ1) is 17.8. The summed E-state index contributed by atoms with van der Waals surface area (Å²) in [4.78, 5) is 12.2. The minimum atomic E-state index is -0.256. The van der Waals surface area contributed by atoms with Gasteiger partial charge in [-0.1, -0.05) is 12.1 Å². The molecule has 0 aliphatic carbocycles. The van der Waals surface area contributed by atoms with Crippen molar-refractivity contribution in [3.63, 3.8) is 0 Å². The van der Waals surface area contributed by atoms with E-state index in [1.54, 1.807) is 10.9 Å². The topological polar surface area (TPSA) is 81.1 Å². The van der Waals surface area contributed by atoms with Gasteiger partial charge in [0.1, 0.15) is 12.1 Å². The molecule has 24 heavy (non-hydrogen) atoms. The number of ether oxygens (including phenoxy) is 1. The summed E-state index contributed by atoms with van der Waals surface area (Å²) in [5.41, 5.74) is 0.981. The molecular weight excluding hydrogens is 306 g/mol. The van der Waals surface area contributed by atoms with E-state index in [0.29, 0.717) is 5.82 Å². The van der Waals surface area contributed by atoms with Crippen molar-refractivity contribution in [1.82, 2.24) is 25.4 Å². The van der Waals surface area contributed by atoms with Crippen molar-refractivity contribution in [3.8, 4) is 5.75 Å². The summed E-state index contributed by atoms with van der Waals surface area (Å²) in [5.74, 6) is 1.49. The number of amides is 2. The molecule has 130 valence electrons. The predicted octanol–water partition coefficient (Wildman–Crippen LogP) is 2.72. The molecule has 0 fully saturated rings. The number of aromatic nitrogens is 3. The predicted molar refractivity (Wildman–Crippen MR) is 91.7 cm³/mol. The van der Waals surface area contributed by atoms with Gasteiger partial charge in [-0.2, -0.15) is 0 Å². The van der Waals surface area contributed by atoms with Crippen LogP contribution in [-0.2, 0) is 7.05 Å². The van der Waals surface area contributed by atoms with E-state index in [1.807, 2.05) is 59.0 Å². The van der Waals surface area contributed by atoms with E-state index in [1.165, 1.54) is 0 Å². The SMILES string of the molecule is CC(C)Oc1cccc([C@@H](C)NC(=O)N[C@@H](C)c2nncn2C)c1. The van der Waals surface area contributed by atoms with Crippen molar-refractivity contribution in [3.05, 3.63) is 42.0 Å². The van der Waals surface area contributed by atoms with Crippen LogP contribution >= 0.6 is 0 Å². The summed E-state index contributed by atoms with van der Waals surface area (Å²) in [6.45, 7) is 7.76. The third kappa shape index (κ3) is 4.71. The number of rotatable bonds is 6. The largest absolute Gasteiger partial charge is 0.491 e. The maximum Gasteiger partial charge on any atom is 0.315 e. The number of nitrogens with one attached hydrogen (secondary N) is 2. The van der Waals surface area contributed by atoms with Gasteiger partial charge in [0.15, 0.2) is 5.82 Å². The van der Waals surface area contributed by atoms with E-state index in [2.05, 4.69) is 20.8 Å². The highest BCUT2D eigenvalue weighted by molar-refractivity contribution is 5.74. The Bertz CT molecular complexity index is 683. The quantitative estimate of drug-likeness (QED) is 0.853. The van der Waals surface area contributed by atoms with Crippen LogP contribution in [0.1, 0.15) is 51.2 Å². The number of hydrogen-bond acceptors (Lipinski definition) is 4. The van der Waals surface area contributed by atoms with E-state index in [9.17, 15) is 4.79 Å². The molecule has 1 aromatic carbocycles. The van der Waals surface area contributed by atoms with Crippen LogP contribution in [-0.4, -0.2) is 26.9 Å². The Balaban J connectivity index is 1.95. The minimum Gasteiger partial charge on any atom is -0.491 e. The summed E-state index contributed by atoms with van der Waals surface area (Å²) < 4.78 is 7.47. The summed E-state index contributed by atoms with van der Waals surface area (Å²) >= 11 is 0. The molecule has 0 radical (unpaired) electrons. The molecule has 0 aliphatic heterocycles. The highest BCUT2D eigenvalue weighted by Gasteiger charge is 2.16. The van der Waals surface area contributed by atoms with Crippen LogP contribution in [0.15, 0.2) is 30.6 Å². The maximum absolute atomic E-state index is 12.2. The summed E-state index contributed by atoms with van der Waals surface area (Å²) in [6, 6.07) is 7.10. The molecule has 0 saturated carbocycles. The molecule has 7 nitrogen and oxygen atoms in total. The fourth-order valence-corrected chi connectivity index (χ4v) is 2.40. The third-order valence-electron chi connectivity index (χ3n) is 3.56. The van der Waals surface area contributed by atoms with Crippen LogP contribution < -0.4 is 15.4 Å². The van der Waals surface area contributed by atoms with Gasteiger partial charge in [0.2, 0.25) is 0 Å². The summed E-state index contributed by atoms with van der Waals surface area (Å²) in [7, 11) is 1.84. The molecule has 2 rings (SSSR count). The molecule has 0 spiro atoms. The molecule has 2 atom stereocenters. The van der Waals surface area contributed by atoms with Crippen molar-refractivity contribution < 1.29 is 9.53 Å². The molecule has 2 N–H and O–H groups in total. The second-order valence-electron chi connectivity index (χ2n) is 6.10. The number of nitrogens with zero attached hydrogens (tertiary/aromatic N) is 3. The van der Waals surface area contributed by atoms with Gasteiger partial charge in [-0.25, -0.2) is 4.79 Å². The molecule has 0 aliphatic rings. The molecule has 2 amide bonds. The van der Waals surface area contributed by atoms with Crippen molar-refractivity contribution in [1.29, 1.82) is 0 Å². The number of benzene rings is 1. The lowest BCUT2D eigenvalue weighted by Crippen LogP contribution is -2.39. The van der Waals surface area contributed by atoms with E-state index in [4.69, 9.17) is 4.74 Å². The number of aryl methyl sites for hydroxylation is 1. The monoisotopic (exact) mass is 331 g/mol. The molecular formula is C17H25N5O2. The summed E-state index contributed by atoms with van der Waals surface area (Å²) in [5, 5.41) is 13.6. The average molecular weight is 331 g/mol. The standard InChI is InChI=1S/C17H25N5O2/c1-11(2)24-15-8-6-7-14(9-15)12(3)19-17(23)20-13(4)16-21-18-10-22(16)5/h6-13H,1-5H3,(H2,19,20,23)/t12-,13+/m1/s1. The van der Waals surface area contributed by atoms with E-state index < -0.39 is 0 Å². The van der Waals surface area contributed by atoms with E-state index in [-0.39, 0.29) is 24.2 Å². The Hall–Kier alpha value is -2.57. The van der Waals surface area contributed by atoms with Gasteiger partial charge in [0.25, 0.3) is 0 Å². The summed E-state index contributed by atoms with van der Waals surface area (Å²) in [6.07, 6.45) is 1.72. The minimum absolute atomic E-state index is 0.110. The second-order valence-corrected chi connectivity index (χ2v) is 6.10. The highest BCUT2D eigenvalue weighted by atomic mass is 16.5. The lowest BCUT2D eigenvalue weighted by atomic mass is 10.1. The Kier molecular flexibility index (Phi) is 5.78. The lowest BCUT2D eigenvalue weighted by molar-refractivity contribution is 0.233. The fourth-order valence-electron chi connectivity index (χ4n) is 2.40. The molecule has 1 aromatic heterocycles. The van der Waals surface area contributed by atoms with Gasteiger partial charge >= 0.3 is 6.03 Å².